The van der Waals surface area contributed by atoms with Crippen molar-refractivity contribution in [2.24, 2.45) is 0 Å². The molecule has 0 amide bonds. The molecule has 0 saturated carbocycles. The van der Waals surface area contributed by atoms with Crippen LogP contribution in [0.25, 0.3) is 0 Å². The summed E-state index contributed by atoms with van der Waals surface area (Å²) < 4.78 is 0. The number of ketones is 1. The summed E-state index contributed by atoms with van der Waals surface area (Å²) in [5.74, 6) is 0.389. The van der Waals surface area contributed by atoms with Crippen molar-refractivity contribution >= 4 is 17.2 Å². The minimum absolute atomic E-state index is 0.389. The van der Waals surface area contributed by atoms with Crippen molar-refractivity contribution in [2.75, 3.05) is 37.0 Å². The zero-order valence-electron chi connectivity index (χ0n) is 9.94. The van der Waals surface area contributed by atoms with E-state index in [1.54, 1.807) is 0 Å². The van der Waals surface area contributed by atoms with Crippen LogP contribution in [0.4, 0.5) is 11.4 Å². The first-order chi connectivity index (χ1) is 7.66. The third-order valence-corrected chi connectivity index (χ3v) is 3.03. The average Bonchev–Trinajstić information content (AvgIpc) is 2.30. The van der Waals surface area contributed by atoms with Crippen molar-refractivity contribution in [1.29, 1.82) is 0 Å². The largest absolute Gasteiger partial charge is 0.378 e. The summed E-state index contributed by atoms with van der Waals surface area (Å²) in [7, 11) is 4.08. The van der Waals surface area contributed by atoms with Gasteiger partial charge in [0.05, 0.1) is 0 Å². The van der Waals surface area contributed by atoms with Crippen molar-refractivity contribution in [3.8, 4) is 0 Å². The third-order valence-electron chi connectivity index (χ3n) is 3.03. The molecule has 1 aromatic carbocycles. The van der Waals surface area contributed by atoms with Crippen LogP contribution in [0.5, 0.6) is 0 Å². The summed E-state index contributed by atoms with van der Waals surface area (Å²) >= 11 is 0. The van der Waals surface area contributed by atoms with Crippen molar-refractivity contribution < 1.29 is 4.79 Å². The number of Topliss-reactive ketones (excluding diaryl/α,β-unsaturated/α-hetero) is 1. The van der Waals surface area contributed by atoms with Gasteiger partial charge in [0.25, 0.3) is 0 Å². The summed E-state index contributed by atoms with van der Waals surface area (Å²) in [6.07, 6.45) is 1.37. The van der Waals surface area contributed by atoms with Gasteiger partial charge in [-0.25, -0.2) is 0 Å². The van der Waals surface area contributed by atoms with Gasteiger partial charge in [0.15, 0.2) is 0 Å². The van der Waals surface area contributed by atoms with E-state index in [2.05, 4.69) is 34.1 Å². The van der Waals surface area contributed by atoms with E-state index >= 15 is 0 Å². The molecule has 0 aromatic heterocycles. The highest BCUT2D eigenvalue weighted by atomic mass is 16.1. The van der Waals surface area contributed by atoms with Gasteiger partial charge in [-0.1, -0.05) is 6.07 Å². The number of carbonyl (C=O) groups is 1. The number of hydrogen-bond donors (Lipinski definition) is 0. The standard InChI is InChI=1S/C13H18N2O/c1-14(2)11-4-3-5-12(10-11)15-8-6-13(16)7-9-15/h3-5,10H,6-9H2,1-2H3. The Balaban J connectivity index is 2.14. The summed E-state index contributed by atoms with van der Waals surface area (Å²) in [4.78, 5) is 15.6. The topological polar surface area (TPSA) is 23.6 Å². The van der Waals surface area contributed by atoms with E-state index in [4.69, 9.17) is 0 Å². The number of piperidine rings is 1. The molecule has 1 aliphatic rings. The Labute approximate surface area is 96.7 Å². The molecule has 0 unspecified atom stereocenters. The molecule has 0 bridgehead atoms. The van der Waals surface area contributed by atoms with Gasteiger partial charge in [0.1, 0.15) is 5.78 Å². The highest BCUT2D eigenvalue weighted by Gasteiger charge is 2.16. The van der Waals surface area contributed by atoms with E-state index in [-0.39, 0.29) is 0 Å². The molecule has 0 radical (unpaired) electrons. The lowest BCUT2D eigenvalue weighted by atomic mass is 10.1. The third kappa shape index (κ3) is 2.35. The number of rotatable bonds is 2. The van der Waals surface area contributed by atoms with Crippen LogP contribution in [-0.4, -0.2) is 33.0 Å². The Morgan fingerprint density at radius 1 is 1.19 bits per heavy atom. The van der Waals surface area contributed by atoms with E-state index in [1.165, 1.54) is 11.4 Å². The van der Waals surface area contributed by atoms with E-state index in [0.29, 0.717) is 18.6 Å². The van der Waals surface area contributed by atoms with Gasteiger partial charge in [0.2, 0.25) is 0 Å². The van der Waals surface area contributed by atoms with Gasteiger partial charge in [-0.15, -0.1) is 0 Å². The summed E-state index contributed by atoms with van der Waals surface area (Å²) in [6.45, 7) is 1.71. The molecule has 0 N–H and O–H groups in total. The van der Waals surface area contributed by atoms with Crippen molar-refractivity contribution in [2.45, 2.75) is 12.8 Å². The highest BCUT2D eigenvalue weighted by molar-refractivity contribution is 5.81. The van der Waals surface area contributed by atoms with Crippen molar-refractivity contribution in [3.63, 3.8) is 0 Å². The molecule has 1 aliphatic heterocycles. The first-order valence-corrected chi connectivity index (χ1v) is 5.71. The van der Waals surface area contributed by atoms with Gasteiger partial charge < -0.3 is 9.80 Å². The zero-order valence-corrected chi connectivity index (χ0v) is 9.94. The maximum atomic E-state index is 11.2. The number of hydrogen-bond acceptors (Lipinski definition) is 3. The SMILES string of the molecule is CN(C)c1cccc(N2CCC(=O)CC2)c1. The van der Waals surface area contributed by atoms with Gasteiger partial charge in [-0.2, -0.15) is 0 Å². The van der Waals surface area contributed by atoms with Crippen LogP contribution in [0, 0.1) is 0 Å². The lowest BCUT2D eigenvalue weighted by Crippen LogP contribution is -2.33. The number of nitrogens with zero attached hydrogens (tertiary/aromatic N) is 2. The summed E-state index contributed by atoms with van der Waals surface area (Å²) in [5, 5.41) is 0. The Bertz CT molecular complexity index is 377. The predicted octanol–water partition coefficient (Wildman–Crippen LogP) is 1.92. The van der Waals surface area contributed by atoms with E-state index in [0.717, 1.165) is 13.1 Å². The van der Waals surface area contributed by atoms with E-state index in [1.807, 2.05) is 14.1 Å². The normalized spacial score (nSPS) is 16.4. The van der Waals surface area contributed by atoms with Crippen LogP contribution >= 0.6 is 0 Å². The Morgan fingerprint density at radius 3 is 2.50 bits per heavy atom. The summed E-state index contributed by atoms with van der Waals surface area (Å²) in [5.41, 5.74) is 2.42. The van der Waals surface area contributed by atoms with Gasteiger partial charge >= 0.3 is 0 Å². The molecule has 3 nitrogen and oxygen atoms in total. The molecule has 86 valence electrons. The fourth-order valence-electron chi connectivity index (χ4n) is 1.98. The van der Waals surface area contributed by atoms with Crippen LogP contribution in [0.1, 0.15) is 12.8 Å². The molecular formula is C13H18N2O. The first kappa shape index (κ1) is 11.0. The Morgan fingerprint density at radius 2 is 1.88 bits per heavy atom. The smallest absolute Gasteiger partial charge is 0.136 e. The quantitative estimate of drug-likeness (QED) is 0.757. The summed E-state index contributed by atoms with van der Waals surface area (Å²) in [6, 6.07) is 8.46. The van der Waals surface area contributed by atoms with Crippen LogP contribution in [0.3, 0.4) is 0 Å². The van der Waals surface area contributed by atoms with Crippen LogP contribution in [0.2, 0.25) is 0 Å². The van der Waals surface area contributed by atoms with E-state index in [9.17, 15) is 4.79 Å². The van der Waals surface area contributed by atoms with Crippen molar-refractivity contribution in [1.82, 2.24) is 0 Å². The maximum Gasteiger partial charge on any atom is 0.136 e. The lowest BCUT2D eigenvalue weighted by Gasteiger charge is -2.29. The minimum Gasteiger partial charge on any atom is -0.378 e. The molecule has 2 rings (SSSR count). The van der Waals surface area contributed by atoms with Crippen molar-refractivity contribution in [3.05, 3.63) is 24.3 Å². The highest BCUT2D eigenvalue weighted by Crippen LogP contribution is 2.23. The predicted molar refractivity (Wildman–Crippen MR) is 67.2 cm³/mol. The Hall–Kier alpha value is -1.51. The molecule has 1 aromatic rings. The lowest BCUT2D eigenvalue weighted by molar-refractivity contribution is -0.119. The molecule has 3 heteroatoms. The Kier molecular flexibility index (Phi) is 3.13. The number of benzene rings is 1. The second-order valence-corrected chi connectivity index (χ2v) is 4.44. The molecule has 0 spiro atoms. The molecule has 1 fully saturated rings. The van der Waals surface area contributed by atoms with Crippen LogP contribution in [-0.2, 0) is 4.79 Å². The molecule has 1 saturated heterocycles. The first-order valence-electron chi connectivity index (χ1n) is 5.71. The fourth-order valence-corrected chi connectivity index (χ4v) is 1.98. The second-order valence-electron chi connectivity index (χ2n) is 4.44. The fraction of sp³-hybridized carbons (Fsp3) is 0.462. The minimum atomic E-state index is 0.389. The monoisotopic (exact) mass is 218 g/mol. The number of anilines is 2. The molecule has 16 heavy (non-hydrogen) atoms. The van der Waals surface area contributed by atoms with Crippen LogP contribution in [0.15, 0.2) is 24.3 Å². The molecule has 0 aliphatic carbocycles. The van der Waals surface area contributed by atoms with Gasteiger partial charge in [-0.3, -0.25) is 4.79 Å². The maximum absolute atomic E-state index is 11.2. The van der Waals surface area contributed by atoms with Gasteiger partial charge in [0, 0.05) is 51.4 Å². The molecule has 0 atom stereocenters. The second kappa shape index (κ2) is 4.56. The number of carbonyl (C=O) groups excluding carboxylic acids is 1. The zero-order chi connectivity index (χ0) is 11.5. The van der Waals surface area contributed by atoms with Crippen LogP contribution < -0.4 is 9.80 Å². The van der Waals surface area contributed by atoms with E-state index < -0.39 is 0 Å². The molecular weight excluding hydrogens is 200 g/mol. The molecule has 1 heterocycles. The van der Waals surface area contributed by atoms with Gasteiger partial charge in [-0.05, 0) is 18.2 Å². The average molecular weight is 218 g/mol.